The predicted molar refractivity (Wildman–Crippen MR) is 112 cm³/mol. The Hall–Kier alpha value is -3.32. The minimum atomic E-state index is -0.277. The van der Waals surface area contributed by atoms with Gasteiger partial charge in [0.05, 0.1) is 0 Å². The number of hydrogen-bond acceptors (Lipinski definition) is 2. The average Bonchev–Trinajstić information content (AvgIpc) is 3.20. The molecule has 0 aliphatic heterocycles. The maximum atomic E-state index is 12.6. The number of hydrogen-bond donors (Lipinski definition) is 1. The molecule has 4 rings (SSSR count). The van der Waals surface area contributed by atoms with Crippen molar-refractivity contribution in [1.29, 1.82) is 5.26 Å². The Morgan fingerprint density at radius 1 is 1.04 bits per heavy atom. The van der Waals surface area contributed by atoms with E-state index in [9.17, 15) is 10.1 Å². The van der Waals surface area contributed by atoms with Crippen molar-refractivity contribution in [2.24, 2.45) is 0 Å². The molecule has 1 N–H and O–H groups in total. The second-order valence-corrected chi connectivity index (χ2v) is 7.31. The summed E-state index contributed by atoms with van der Waals surface area (Å²) in [7, 11) is 0. The molecule has 4 nitrogen and oxygen atoms in total. The number of nitrogens with zero attached hydrogens (tertiary/aromatic N) is 2. The fraction of sp³-hybridized carbons (Fsp3) is 0.250. The van der Waals surface area contributed by atoms with Crippen LogP contribution in [-0.4, -0.2) is 16.5 Å². The van der Waals surface area contributed by atoms with Gasteiger partial charge >= 0.3 is 0 Å². The van der Waals surface area contributed by atoms with E-state index in [1.165, 1.54) is 11.8 Å². The summed E-state index contributed by atoms with van der Waals surface area (Å²) in [6, 6.07) is 20.6. The molecule has 0 radical (unpaired) electrons. The third-order valence-corrected chi connectivity index (χ3v) is 5.39. The van der Waals surface area contributed by atoms with Gasteiger partial charge in [0.1, 0.15) is 11.6 Å². The second-order valence-electron chi connectivity index (χ2n) is 7.31. The zero-order chi connectivity index (χ0) is 19.3. The van der Waals surface area contributed by atoms with E-state index in [-0.39, 0.29) is 17.5 Å². The molecule has 1 aliphatic carbocycles. The van der Waals surface area contributed by atoms with Crippen LogP contribution in [0.4, 0.5) is 0 Å². The lowest BCUT2D eigenvalue weighted by Gasteiger charge is -2.22. The first-order valence-electron chi connectivity index (χ1n) is 9.84. The summed E-state index contributed by atoms with van der Waals surface area (Å²) >= 11 is 0. The molecule has 1 amide bonds. The molecule has 1 aromatic heterocycles. The third-order valence-electron chi connectivity index (χ3n) is 5.39. The number of fused-ring (bicyclic) bond motifs is 1. The largest absolute Gasteiger partial charge is 0.349 e. The quantitative estimate of drug-likeness (QED) is 0.520. The van der Waals surface area contributed by atoms with Gasteiger partial charge in [0, 0.05) is 23.6 Å². The number of carbonyl (C=O) groups is 1. The Labute approximate surface area is 165 Å². The standard InChI is InChI=1S/C24H23N3O/c25-17-20(24(28)26-21-9-2-1-3-10-21)16-22-11-6-14-27(22)23-13-12-18-7-4-5-8-19(18)15-23/h4-8,11-16,21H,1-3,9-10H2,(H,26,28)/b20-16-. The van der Waals surface area contributed by atoms with Gasteiger partial charge in [0.15, 0.2) is 0 Å². The molecule has 0 bridgehead atoms. The van der Waals surface area contributed by atoms with Crippen LogP contribution in [0.25, 0.3) is 22.5 Å². The summed E-state index contributed by atoms with van der Waals surface area (Å²) < 4.78 is 2.00. The Kier molecular flexibility index (Phi) is 5.25. The summed E-state index contributed by atoms with van der Waals surface area (Å²) in [5.41, 5.74) is 1.96. The van der Waals surface area contributed by atoms with Crippen LogP contribution in [0.1, 0.15) is 37.8 Å². The van der Waals surface area contributed by atoms with Gasteiger partial charge in [-0.25, -0.2) is 0 Å². The Bertz CT molecular complexity index is 1060. The van der Waals surface area contributed by atoms with E-state index >= 15 is 0 Å². The van der Waals surface area contributed by atoms with E-state index in [0.717, 1.165) is 42.5 Å². The summed E-state index contributed by atoms with van der Waals surface area (Å²) in [5.74, 6) is -0.277. The first kappa shape index (κ1) is 18.1. The SMILES string of the molecule is N#C/C(=C/c1cccn1-c1ccc2ccccc2c1)C(=O)NC1CCCCC1. The lowest BCUT2D eigenvalue weighted by atomic mass is 9.95. The highest BCUT2D eigenvalue weighted by atomic mass is 16.1. The average molecular weight is 369 g/mol. The second kappa shape index (κ2) is 8.14. The number of rotatable bonds is 4. The van der Waals surface area contributed by atoms with Gasteiger partial charge in [-0.2, -0.15) is 5.26 Å². The Balaban J connectivity index is 1.61. The molecule has 140 valence electrons. The van der Waals surface area contributed by atoms with Gasteiger partial charge in [-0.1, -0.05) is 49.6 Å². The van der Waals surface area contributed by atoms with Gasteiger partial charge in [0.25, 0.3) is 5.91 Å². The molecule has 0 saturated heterocycles. The van der Waals surface area contributed by atoms with Crippen molar-refractivity contribution in [3.63, 3.8) is 0 Å². The molecule has 4 heteroatoms. The predicted octanol–water partition coefficient (Wildman–Crippen LogP) is 4.99. The third kappa shape index (κ3) is 3.84. The summed E-state index contributed by atoms with van der Waals surface area (Å²) in [6.45, 7) is 0. The van der Waals surface area contributed by atoms with E-state index in [1.54, 1.807) is 6.08 Å². The first-order chi connectivity index (χ1) is 13.7. The molecule has 0 atom stereocenters. The smallest absolute Gasteiger partial charge is 0.262 e. The maximum Gasteiger partial charge on any atom is 0.262 e. The Morgan fingerprint density at radius 2 is 1.82 bits per heavy atom. The monoisotopic (exact) mass is 369 g/mol. The van der Waals surface area contributed by atoms with Crippen molar-refractivity contribution >= 4 is 22.8 Å². The number of aromatic nitrogens is 1. The van der Waals surface area contributed by atoms with Crippen LogP contribution in [0.15, 0.2) is 66.4 Å². The van der Waals surface area contributed by atoms with Crippen LogP contribution in [0.3, 0.4) is 0 Å². The summed E-state index contributed by atoms with van der Waals surface area (Å²) in [5, 5.41) is 14.9. The van der Waals surface area contributed by atoms with Crippen molar-refractivity contribution in [3.8, 4) is 11.8 Å². The van der Waals surface area contributed by atoms with Crippen molar-refractivity contribution in [1.82, 2.24) is 9.88 Å². The van der Waals surface area contributed by atoms with Gasteiger partial charge in [0.2, 0.25) is 0 Å². The minimum Gasteiger partial charge on any atom is -0.349 e. The van der Waals surface area contributed by atoms with Crippen LogP contribution < -0.4 is 5.32 Å². The molecule has 0 unspecified atom stereocenters. The van der Waals surface area contributed by atoms with Crippen molar-refractivity contribution in [2.75, 3.05) is 0 Å². The summed E-state index contributed by atoms with van der Waals surface area (Å²) in [4.78, 5) is 12.6. The highest BCUT2D eigenvalue weighted by molar-refractivity contribution is 6.01. The van der Waals surface area contributed by atoms with Crippen LogP contribution in [-0.2, 0) is 4.79 Å². The van der Waals surface area contributed by atoms with Gasteiger partial charge in [-0.15, -0.1) is 0 Å². The van der Waals surface area contributed by atoms with Crippen LogP contribution in [0.2, 0.25) is 0 Å². The highest BCUT2D eigenvalue weighted by Gasteiger charge is 2.18. The van der Waals surface area contributed by atoms with E-state index < -0.39 is 0 Å². The summed E-state index contributed by atoms with van der Waals surface area (Å²) in [6.07, 6.45) is 9.13. The number of benzene rings is 2. The van der Waals surface area contributed by atoms with Gasteiger partial charge in [-0.05, 0) is 54.0 Å². The molecule has 1 heterocycles. The number of nitrogens with one attached hydrogen (secondary N) is 1. The van der Waals surface area contributed by atoms with E-state index in [2.05, 4.69) is 35.7 Å². The molecule has 1 fully saturated rings. The highest BCUT2D eigenvalue weighted by Crippen LogP contribution is 2.22. The molecular formula is C24H23N3O. The van der Waals surface area contributed by atoms with Crippen LogP contribution in [0, 0.1) is 11.3 Å². The Morgan fingerprint density at radius 3 is 2.61 bits per heavy atom. The molecule has 2 aromatic carbocycles. The number of carbonyl (C=O) groups excluding carboxylic acids is 1. The van der Waals surface area contributed by atoms with E-state index in [0.29, 0.717) is 0 Å². The molecule has 1 aliphatic rings. The number of nitriles is 1. The molecule has 3 aromatic rings. The normalized spacial score (nSPS) is 15.3. The minimum absolute atomic E-state index is 0.145. The zero-order valence-corrected chi connectivity index (χ0v) is 15.8. The maximum absolute atomic E-state index is 12.6. The van der Waals surface area contributed by atoms with Gasteiger partial charge in [-0.3, -0.25) is 4.79 Å². The van der Waals surface area contributed by atoms with Crippen molar-refractivity contribution < 1.29 is 4.79 Å². The molecular weight excluding hydrogens is 346 g/mol. The lowest BCUT2D eigenvalue weighted by molar-refractivity contribution is -0.117. The molecule has 28 heavy (non-hydrogen) atoms. The molecule has 1 saturated carbocycles. The number of amides is 1. The fourth-order valence-electron chi connectivity index (χ4n) is 3.88. The van der Waals surface area contributed by atoms with Crippen LogP contribution >= 0.6 is 0 Å². The van der Waals surface area contributed by atoms with Crippen molar-refractivity contribution in [3.05, 3.63) is 72.1 Å². The zero-order valence-electron chi connectivity index (χ0n) is 15.8. The fourth-order valence-corrected chi connectivity index (χ4v) is 3.88. The van der Waals surface area contributed by atoms with Crippen molar-refractivity contribution in [2.45, 2.75) is 38.1 Å². The van der Waals surface area contributed by atoms with E-state index in [4.69, 9.17) is 0 Å². The first-order valence-corrected chi connectivity index (χ1v) is 9.84. The lowest BCUT2D eigenvalue weighted by Crippen LogP contribution is -2.36. The van der Waals surface area contributed by atoms with Gasteiger partial charge < -0.3 is 9.88 Å². The topological polar surface area (TPSA) is 57.8 Å². The van der Waals surface area contributed by atoms with Crippen LogP contribution in [0.5, 0.6) is 0 Å². The van der Waals surface area contributed by atoms with E-state index in [1.807, 2.05) is 41.1 Å². The molecule has 0 spiro atoms.